The minimum Gasteiger partial charge on any atom is -0.335 e. The topological polar surface area (TPSA) is 51.1 Å². The monoisotopic (exact) mass is 374 g/mol. The summed E-state index contributed by atoms with van der Waals surface area (Å²) in [5.41, 5.74) is 0.499. The van der Waals surface area contributed by atoms with Crippen LogP contribution in [0.4, 0.5) is 10.1 Å². The van der Waals surface area contributed by atoms with Gasteiger partial charge in [0, 0.05) is 27.8 Å². The summed E-state index contributed by atoms with van der Waals surface area (Å²) in [5.74, 6) is -0.836. The second-order valence-corrected chi connectivity index (χ2v) is 5.91. The van der Waals surface area contributed by atoms with Gasteiger partial charge in [-0.15, -0.1) is 0 Å². The highest BCUT2D eigenvalue weighted by Crippen LogP contribution is 2.16. The molecule has 0 saturated heterocycles. The first-order valence-electron chi connectivity index (χ1n) is 6.88. The van der Waals surface area contributed by atoms with Gasteiger partial charge in [-0.25, -0.2) is 4.39 Å². The molecule has 0 unspecified atom stereocenters. The molecule has 0 saturated carbocycles. The number of fused-ring (bicyclic) bond motifs is 1. The van der Waals surface area contributed by atoms with Crippen LogP contribution in [0.2, 0.25) is 0 Å². The van der Waals surface area contributed by atoms with Crippen LogP contribution < -0.4 is 10.7 Å². The van der Waals surface area contributed by atoms with Crippen molar-refractivity contribution in [2.75, 3.05) is 5.32 Å². The number of nitrogens with one attached hydrogen (secondary N) is 1. The summed E-state index contributed by atoms with van der Waals surface area (Å²) in [5, 5.41) is 2.99. The summed E-state index contributed by atoms with van der Waals surface area (Å²) < 4.78 is 16.4. The predicted octanol–water partition coefficient (Wildman–Crippen LogP) is 3.54. The highest BCUT2D eigenvalue weighted by Gasteiger charge is 2.10. The molecule has 116 valence electrons. The highest BCUT2D eigenvalue weighted by atomic mass is 79.9. The summed E-state index contributed by atoms with van der Waals surface area (Å²) >= 11 is 3.32. The van der Waals surface area contributed by atoms with Gasteiger partial charge in [-0.1, -0.05) is 22.0 Å². The number of amides is 1. The number of halogens is 2. The third-order valence-electron chi connectivity index (χ3n) is 3.39. The van der Waals surface area contributed by atoms with E-state index in [1.807, 2.05) is 12.1 Å². The molecule has 23 heavy (non-hydrogen) atoms. The number of hydrogen-bond acceptors (Lipinski definition) is 2. The lowest BCUT2D eigenvalue weighted by Crippen LogP contribution is -2.20. The Labute approximate surface area is 139 Å². The third kappa shape index (κ3) is 3.32. The third-order valence-corrected chi connectivity index (χ3v) is 3.92. The maximum absolute atomic E-state index is 14.1. The summed E-state index contributed by atoms with van der Waals surface area (Å²) in [6.45, 7) is -0.0895. The molecule has 0 spiro atoms. The van der Waals surface area contributed by atoms with Crippen molar-refractivity contribution in [3.8, 4) is 0 Å². The number of para-hydroxylation sites is 1. The van der Waals surface area contributed by atoms with Crippen molar-refractivity contribution in [2.45, 2.75) is 6.54 Å². The van der Waals surface area contributed by atoms with Crippen LogP contribution in [-0.2, 0) is 11.3 Å². The Morgan fingerprint density at radius 1 is 1.13 bits per heavy atom. The highest BCUT2D eigenvalue weighted by molar-refractivity contribution is 9.10. The number of rotatable bonds is 3. The zero-order chi connectivity index (χ0) is 16.4. The molecule has 0 aliphatic carbocycles. The zero-order valence-corrected chi connectivity index (χ0v) is 13.5. The Hall–Kier alpha value is -2.47. The van der Waals surface area contributed by atoms with Crippen molar-refractivity contribution in [1.82, 2.24) is 4.57 Å². The summed E-state index contributed by atoms with van der Waals surface area (Å²) in [6.07, 6.45) is 1.43. The van der Waals surface area contributed by atoms with Gasteiger partial charge in [-0.3, -0.25) is 9.59 Å². The molecule has 0 atom stereocenters. The number of pyridine rings is 1. The normalized spacial score (nSPS) is 10.7. The van der Waals surface area contributed by atoms with E-state index in [-0.39, 0.29) is 28.8 Å². The van der Waals surface area contributed by atoms with Gasteiger partial charge in [0.2, 0.25) is 5.91 Å². The molecular formula is C17H12BrFN2O2. The molecule has 0 bridgehead atoms. The molecule has 3 aromatic rings. The molecule has 4 nitrogen and oxygen atoms in total. The first-order valence-corrected chi connectivity index (χ1v) is 7.67. The fraction of sp³-hybridized carbons (Fsp3) is 0.0588. The van der Waals surface area contributed by atoms with Gasteiger partial charge in [0.1, 0.15) is 12.4 Å². The second kappa shape index (κ2) is 6.34. The van der Waals surface area contributed by atoms with E-state index in [0.29, 0.717) is 5.69 Å². The average molecular weight is 375 g/mol. The van der Waals surface area contributed by atoms with E-state index in [1.165, 1.54) is 29.0 Å². The van der Waals surface area contributed by atoms with E-state index >= 15 is 0 Å². The van der Waals surface area contributed by atoms with Gasteiger partial charge in [-0.05, 0) is 36.4 Å². The van der Waals surface area contributed by atoms with Crippen LogP contribution >= 0.6 is 15.9 Å². The zero-order valence-electron chi connectivity index (χ0n) is 11.9. The van der Waals surface area contributed by atoms with Gasteiger partial charge in [0.05, 0.1) is 5.52 Å². The van der Waals surface area contributed by atoms with Crippen LogP contribution in [0.3, 0.4) is 0 Å². The molecule has 6 heteroatoms. The largest absolute Gasteiger partial charge is 0.335 e. The van der Waals surface area contributed by atoms with E-state index in [0.717, 1.165) is 4.47 Å². The van der Waals surface area contributed by atoms with E-state index < -0.39 is 5.82 Å². The molecule has 0 aliphatic heterocycles. The quantitative estimate of drug-likeness (QED) is 0.762. The van der Waals surface area contributed by atoms with Gasteiger partial charge in [0.15, 0.2) is 5.43 Å². The lowest BCUT2D eigenvalue weighted by Gasteiger charge is -2.11. The lowest BCUT2D eigenvalue weighted by atomic mass is 10.2. The molecule has 2 aromatic carbocycles. The van der Waals surface area contributed by atoms with Crippen molar-refractivity contribution in [1.29, 1.82) is 0 Å². The molecule has 3 rings (SSSR count). The number of hydrogen-bond donors (Lipinski definition) is 1. The van der Waals surface area contributed by atoms with Crippen LogP contribution in [0.15, 0.2) is 64.0 Å². The van der Waals surface area contributed by atoms with E-state index in [4.69, 9.17) is 0 Å². The van der Waals surface area contributed by atoms with Crippen molar-refractivity contribution >= 4 is 38.4 Å². The van der Waals surface area contributed by atoms with E-state index in [2.05, 4.69) is 21.2 Å². The van der Waals surface area contributed by atoms with Crippen molar-refractivity contribution in [3.63, 3.8) is 0 Å². The maximum Gasteiger partial charge on any atom is 0.244 e. The standard InChI is InChI=1S/C17H12BrFN2O2/c18-11-4-6-12(7-5-11)20-16(23)10-21-9-8-15(22)13-2-1-3-14(19)17(13)21/h1-9H,10H2,(H,20,23). The van der Waals surface area contributed by atoms with Crippen molar-refractivity contribution in [2.24, 2.45) is 0 Å². The molecule has 1 amide bonds. The Balaban J connectivity index is 1.89. The first kappa shape index (κ1) is 15.4. The minimum atomic E-state index is -0.531. The molecule has 1 aromatic heterocycles. The lowest BCUT2D eigenvalue weighted by molar-refractivity contribution is -0.116. The van der Waals surface area contributed by atoms with Gasteiger partial charge < -0.3 is 9.88 Å². The molecule has 0 fully saturated rings. The van der Waals surface area contributed by atoms with Crippen LogP contribution in [0.1, 0.15) is 0 Å². The molecule has 0 aliphatic rings. The Morgan fingerprint density at radius 3 is 2.61 bits per heavy atom. The first-order chi connectivity index (χ1) is 11.0. The Bertz CT molecular complexity index is 935. The predicted molar refractivity (Wildman–Crippen MR) is 90.9 cm³/mol. The van der Waals surface area contributed by atoms with Crippen LogP contribution in [-0.4, -0.2) is 10.5 Å². The van der Waals surface area contributed by atoms with Gasteiger partial charge >= 0.3 is 0 Å². The smallest absolute Gasteiger partial charge is 0.244 e. The summed E-state index contributed by atoms with van der Waals surface area (Å²) in [4.78, 5) is 24.0. The Morgan fingerprint density at radius 2 is 1.87 bits per heavy atom. The van der Waals surface area contributed by atoms with Crippen LogP contribution in [0.25, 0.3) is 10.9 Å². The number of aromatic nitrogens is 1. The fourth-order valence-electron chi connectivity index (χ4n) is 2.35. The SMILES string of the molecule is O=C(Cn1ccc(=O)c2cccc(F)c21)Nc1ccc(Br)cc1. The fourth-order valence-corrected chi connectivity index (χ4v) is 2.61. The second-order valence-electron chi connectivity index (χ2n) is 5.00. The van der Waals surface area contributed by atoms with E-state index in [9.17, 15) is 14.0 Å². The Kier molecular flexibility index (Phi) is 4.25. The molecular weight excluding hydrogens is 363 g/mol. The number of anilines is 1. The number of carbonyl (C=O) groups is 1. The molecule has 0 radical (unpaired) electrons. The summed E-state index contributed by atoms with van der Waals surface area (Å²) in [6, 6.07) is 12.8. The van der Waals surface area contributed by atoms with Crippen molar-refractivity contribution in [3.05, 3.63) is 75.2 Å². The minimum absolute atomic E-state index is 0.0895. The number of nitrogens with zero attached hydrogens (tertiary/aromatic N) is 1. The maximum atomic E-state index is 14.1. The van der Waals surface area contributed by atoms with Gasteiger partial charge in [-0.2, -0.15) is 0 Å². The van der Waals surface area contributed by atoms with Gasteiger partial charge in [0.25, 0.3) is 0 Å². The average Bonchev–Trinajstić information content (AvgIpc) is 2.53. The number of benzene rings is 2. The molecule has 1 heterocycles. The molecule has 1 N–H and O–H groups in total. The number of carbonyl (C=O) groups excluding carboxylic acids is 1. The van der Waals surface area contributed by atoms with E-state index in [1.54, 1.807) is 18.2 Å². The van der Waals surface area contributed by atoms with Crippen LogP contribution in [0, 0.1) is 5.82 Å². The van der Waals surface area contributed by atoms with Crippen molar-refractivity contribution < 1.29 is 9.18 Å². The summed E-state index contributed by atoms with van der Waals surface area (Å²) in [7, 11) is 0. The van der Waals surface area contributed by atoms with Crippen LogP contribution in [0.5, 0.6) is 0 Å².